The van der Waals surface area contributed by atoms with Crippen LogP contribution in [0.1, 0.15) is 43.0 Å². The molecular weight excluding hydrogens is 508 g/mol. The van der Waals surface area contributed by atoms with Crippen LogP contribution >= 0.6 is 0 Å². The summed E-state index contributed by atoms with van der Waals surface area (Å²) in [4.78, 5) is 0. The molecule has 0 bridgehead atoms. The van der Waals surface area contributed by atoms with Crippen LogP contribution in [0.3, 0.4) is 0 Å². The Kier molecular flexibility index (Phi) is 6.02. The van der Waals surface area contributed by atoms with Crippen molar-refractivity contribution in [3.63, 3.8) is 0 Å². The number of hydrogen-bond donors (Lipinski definition) is 0. The fraction of sp³-hybridized carbons (Fsp3) is 0.225. The first-order chi connectivity index (χ1) is 20.1. The second-order valence-corrected chi connectivity index (χ2v) is 13.4. The Labute approximate surface area is 248 Å². The number of rotatable bonds is 3. The summed E-state index contributed by atoms with van der Waals surface area (Å²) < 4.78 is 4.73. The molecule has 2 aromatic heterocycles. The average molecular weight is 548 g/mol. The number of para-hydroxylation sites is 1. The minimum absolute atomic E-state index is 0.236. The maximum Gasteiger partial charge on any atom is 0.220 e. The minimum Gasteiger partial charge on any atom is -0.309 e. The summed E-state index contributed by atoms with van der Waals surface area (Å²) in [7, 11) is 2.16. The molecule has 2 nitrogen and oxygen atoms in total. The number of aryl methyl sites for hydroxylation is 3. The van der Waals surface area contributed by atoms with E-state index in [2.05, 4.69) is 155 Å². The van der Waals surface area contributed by atoms with Crippen LogP contribution in [0.25, 0.3) is 60.3 Å². The van der Waals surface area contributed by atoms with Crippen LogP contribution in [0.4, 0.5) is 0 Å². The standard InChI is InChI=1S/C40H39N2/c1-25-20-26(2)27(3)36(21-25)39-35-16-13-29-23-30(14-17-31(29)32(35)18-19-41(39)7)42-37-11-9-8-10-33(37)34-15-12-28(22-38(34)42)24-40(4,5)6/h8-23H,24H2,1-7H3/q+1. The van der Waals surface area contributed by atoms with E-state index in [1.165, 1.54) is 82.5 Å². The molecule has 5 aromatic carbocycles. The van der Waals surface area contributed by atoms with Crippen LogP contribution < -0.4 is 4.57 Å². The van der Waals surface area contributed by atoms with Gasteiger partial charge in [-0.25, -0.2) is 4.57 Å². The fourth-order valence-electron chi connectivity index (χ4n) is 6.95. The van der Waals surface area contributed by atoms with Crippen molar-refractivity contribution in [2.45, 2.75) is 48.0 Å². The normalized spacial score (nSPS) is 12.3. The third-order valence-electron chi connectivity index (χ3n) is 8.92. The molecule has 0 spiro atoms. The summed E-state index contributed by atoms with van der Waals surface area (Å²) in [6.45, 7) is 13.6. The average Bonchev–Trinajstić information content (AvgIpc) is 3.27. The van der Waals surface area contributed by atoms with Gasteiger partial charge < -0.3 is 4.57 Å². The monoisotopic (exact) mass is 547 g/mol. The predicted molar refractivity (Wildman–Crippen MR) is 180 cm³/mol. The molecule has 208 valence electrons. The first-order valence-electron chi connectivity index (χ1n) is 15.0. The second kappa shape index (κ2) is 9.56. The molecule has 0 unspecified atom stereocenters. The molecule has 0 radical (unpaired) electrons. The topological polar surface area (TPSA) is 8.81 Å². The lowest BCUT2D eigenvalue weighted by atomic mass is 9.88. The van der Waals surface area contributed by atoms with Crippen molar-refractivity contribution in [2.24, 2.45) is 12.5 Å². The Morgan fingerprint density at radius 1 is 0.667 bits per heavy atom. The number of fused-ring (bicyclic) bond motifs is 6. The van der Waals surface area contributed by atoms with Crippen molar-refractivity contribution in [1.29, 1.82) is 0 Å². The Morgan fingerprint density at radius 3 is 2.21 bits per heavy atom. The molecule has 0 aliphatic heterocycles. The third kappa shape index (κ3) is 4.29. The molecule has 42 heavy (non-hydrogen) atoms. The molecule has 0 fully saturated rings. The number of aromatic nitrogens is 2. The van der Waals surface area contributed by atoms with E-state index in [9.17, 15) is 0 Å². The van der Waals surface area contributed by atoms with Crippen LogP contribution in [-0.2, 0) is 13.5 Å². The van der Waals surface area contributed by atoms with E-state index in [1.807, 2.05) is 0 Å². The summed E-state index contributed by atoms with van der Waals surface area (Å²) in [6.07, 6.45) is 3.26. The van der Waals surface area contributed by atoms with E-state index in [0.717, 1.165) is 6.42 Å². The van der Waals surface area contributed by atoms with Crippen LogP contribution in [0, 0.1) is 26.2 Å². The van der Waals surface area contributed by atoms with Gasteiger partial charge in [0, 0.05) is 27.9 Å². The van der Waals surface area contributed by atoms with Gasteiger partial charge in [0.05, 0.1) is 22.0 Å². The Hall–Kier alpha value is -4.43. The van der Waals surface area contributed by atoms with Crippen molar-refractivity contribution < 1.29 is 4.57 Å². The quantitative estimate of drug-likeness (QED) is 0.154. The number of nitrogens with zero attached hydrogens (tertiary/aromatic N) is 2. The molecule has 0 aliphatic carbocycles. The van der Waals surface area contributed by atoms with Crippen LogP contribution in [-0.4, -0.2) is 4.57 Å². The van der Waals surface area contributed by atoms with Gasteiger partial charge in [0.2, 0.25) is 5.69 Å². The van der Waals surface area contributed by atoms with E-state index >= 15 is 0 Å². The highest BCUT2D eigenvalue weighted by atomic mass is 15.0. The van der Waals surface area contributed by atoms with Crippen LogP contribution in [0.15, 0.2) is 97.2 Å². The SMILES string of the molecule is Cc1cc(C)c(C)c(-c2c3ccc4cc(-n5c6ccccc6c6ccc(CC(C)(C)C)cc65)ccc4c3cc[n+]2C)c1. The highest BCUT2D eigenvalue weighted by Gasteiger charge is 2.20. The van der Waals surface area contributed by atoms with Crippen molar-refractivity contribution in [2.75, 3.05) is 0 Å². The largest absolute Gasteiger partial charge is 0.309 e. The molecule has 0 amide bonds. The summed E-state index contributed by atoms with van der Waals surface area (Å²) in [5.74, 6) is 0. The van der Waals surface area contributed by atoms with Gasteiger partial charge in [-0.1, -0.05) is 74.9 Å². The summed E-state index contributed by atoms with van der Waals surface area (Å²) in [6, 6.07) is 34.4. The van der Waals surface area contributed by atoms with E-state index in [0.29, 0.717) is 0 Å². The highest BCUT2D eigenvalue weighted by molar-refractivity contribution is 6.12. The smallest absolute Gasteiger partial charge is 0.220 e. The molecule has 0 atom stereocenters. The van der Waals surface area contributed by atoms with Crippen molar-refractivity contribution in [1.82, 2.24) is 4.57 Å². The van der Waals surface area contributed by atoms with Gasteiger partial charge in [-0.05, 0) is 96.5 Å². The van der Waals surface area contributed by atoms with Crippen molar-refractivity contribution in [3.8, 4) is 16.9 Å². The van der Waals surface area contributed by atoms with E-state index in [4.69, 9.17) is 0 Å². The zero-order chi connectivity index (χ0) is 29.3. The van der Waals surface area contributed by atoms with E-state index in [1.54, 1.807) is 0 Å². The summed E-state index contributed by atoms with van der Waals surface area (Å²) in [5, 5.41) is 7.73. The molecule has 0 saturated carbocycles. The third-order valence-corrected chi connectivity index (χ3v) is 8.92. The maximum atomic E-state index is 2.45. The zero-order valence-electron chi connectivity index (χ0n) is 25.8. The van der Waals surface area contributed by atoms with Crippen LogP contribution in [0.5, 0.6) is 0 Å². The van der Waals surface area contributed by atoms with E-state index in [-0.39, 0.29) is 5.41 Å². The Balaban J connectivity index is 1.46. The molecule has 0 N–H and O–H groups in total. The minimum atomic E-state index is 0.236. The van der Waals surface area contributed by atoms with Gasteiger partial charge >= 0.3 is 0 Å². The van der Waals surface area contributed by atoms with Crippen molar-refractivity contribution >= 4 is 43.4 Å². The lowest BCUT2D eigenvalue weighted by Crippen LogP contribution is -2.30. The van der Waals surface area contributed by atoms with E-state index < -0.39 is 0 Å². The Morgan fingerprint density at radius 2 is 1.40 bits per heavy atom. The van der Waals surface area contributed by atoms with Crippen LogP contribution in [0.2, 0.25) is 0 Å². The first-order valence-corrected chi connectivity index (χ1v) is 15.0. The number of benzene rings is 5. The van der Waals surface area contributed by atoms with Gasteiger partial charge in [-0.15, -0.1) is 0 Å². The van der Waals surface area contributed by atoms with Gasteiger partial charge in [0.15, 0.2) is 6.20 Å². The number of pyridine rings is 1. The van der Waals surface area contributed by atoms with Gasteiger partial charge in [0.25, 0.3) is 0 Å². The molecule has 0 aliphatic rings. The molecule has 7 rings (SSSR count). The summed E-state index contributed by atoms with van der Waals surface area (Å²) in [5.41, 5.74) is 11.9. The Bertz CT molecular complexity index is 2190. The van der Waals surface area contributed by atoms with Gasteiger partial charge in [-0.3, -0.25) is 0 Å². The maximum absolute atomic E-state index is 2.45. The molecule has 2 heterocycles. The van der Waals surface area contributed by atoms with Gasteiger partial charge in [0.1, 0.15) is 7.05 Å². The molecular formula is C40H39N2+. The second-order valence-electron chi connectivity index (χ2n) is 13.4. The lowest BCUT2D eigenvalue weighted by Gasteiger charge is -2.18. The first kappa shape index (κ1) is 26.5. The lowest BCUT2D eigenvalue weighted by molar-refractivity contribution is -0.659. The molecule has 0 saturated heterocycles. The highest BCUT2D eigenvalue weighted by Crippen LogP contribution is 2.37. The molecule has 2 heteroatoms. The predicted octanol–water partition coefficient (Wildman–Crippen LogP) is 10.1. The molecule has 7 aromatic rings. The number of hydrogen-bond acceptors (Lipinski definition) is 0. The van der Waals surface area contributed by atoms with Crippen molar-refractivity contribution in [3.05, 3.63) is 119 Å². The van der Waals surface area contributed by atoms with Gasteiger partial charge in [-0.2, -0.15) is 0 Å². The fourth-order valence-corrected chi connectivity index (χ4v) is 6.95. The zero-order valence-corrected chi connectivity index (χ0v) is 25.8. The summed E-state index contributed by atoms with van der Waals surface area (Å²) >= 11 is 0.